The molecule has 1 aromatic heterocycles. The Labute approximate surface area is 121 Å². The lowest BCUT2D eigenvalue weighted by Crippen LogP contribution is -2.15. The summed E-state index contributed by atoms with van der Waals surface area (Å²) in [6.07, 6.45) is 2.31. The highest BCUT2D eigenvalue weighted by atomic mass is 16.4. The quantitative estimate of drug-likeness (QED) is 0.730. The monoisotopic (exact) mass is 286 g/mol. The predicted molar refractivity (Wildman–Crippen MR) is 76.3 cm³/mol. The molecule has 0 radical (unpaired) electrons. The van der Waals surface area contributed by atoms with Crippen LogP contribution in [0.15, 0.2) is 42.6 Å². The van der Waals surface area contributed by atoms with Gasteiger partial charge in [0.05, 0.1) is 11.3 Å². The zero-order valence-electron chi connectivity index (χ0n) is 11.1. The Morgan fingerprint density at radius 3 is 2.67 bits per heavy atom. The summed E-state index contributed by atoms with van der Waals surface area (Å²) in [5, 5.41) is 20.9. The summed E-state index contributed by atoms with van der Waals surface area (Å²) in [7, 11) is 0. The van der Waals surface area contributed by atoms with E-state index >= 15 is 0 Å². The highest BCUT2D eigenvalue weighted by Crippen LogP contribution is 2.21. The van der Waals surface area contributed by atoms with E-state index in [4.69, 9.17) is 5.11 Å². The number of phenolic OH excluding ortho intramolecular Hbond substituents is 1. The zero-order chi connectivity index (χ0) is 15.2. The number of benzene rings is 1. The fraction of sp³-hybridized carbons (Fsp3) is 0.133. The summed E-state index contributed by atoms with van der Waals surface area (Å²) in [6, 6.07) is 9.22. The van der Waals surface area contributed by atoms with E-state index in [1.54, 1.807) is 12.3 Å². The Balaban J connectivity index is 2.01. The number of aromatic hydroxyl groups is 1. The molecule has 1 amide bonds. The minimum atomic E-state index is -1.22. The van der Waals surface area contributed by atoms with Gasteiger partial charge in [0.15, 0.2) is 0 Å². The number of nitrogens with one attached hydrogen (secondary N) is 1. The van der Waals surface area contributed by atoms with Gasteiger partial charge in [-0.3, -0.25) is 9.78 Å². The van der Waals surface area contributed by atoms with Crippen molar-refractivity contribution in [2.45, 2.75) is 12.8 Å². The standard InChI is InChI=1S/C15H14N2O4/c18-11-5-6-13(12(9-11)15(20)21)17-14(19)7-4-10-3-1-2-8-16-10/h1-3,5-6,8-9,18H,4,7H2,(H,17,19)(H,20,21). The van der Waals surface area contributed by atoms with E-state index < -0.39 is 5.97 Å². The van der Waals surface area contributed by atoms with Gasteiger partial charge in [-0.2, -0.15) is 0 Å². The van der Waals surface area contributed by atoms with E-state index in [-0.39, 0.29) is 29.3 Å². The molecule has 1 aromatic carbocycles. The van der Waals surface area contributed by atoms with Crippen molar-refractivity contribution in [3.63, 3.8) is 0 Å². The van der Waals surface area contributed by atoms with Gasteiger partial charge >= 0.3 is 5.97 Å². The summed E-state index contributed by atoms with van der Waals surface area (Å²) in [5.74, 6) is -1.70. The van der Waals surface area contributed by atoms with Crippen LogP contribution in [0, 0.1) is 0 Å². The second-order valence-electron chi connectivity index (χ2n) is 4.40. The lowest BCUT2D eigenvalue weighted by molar-refractivity contribution is -0.116. The van der Waals surface area contributed by atoms with Crippen LogP contribution in [0.4, 0.5) is 5.69 Å². The van der Waals surface area contributed by atoms with Crippen molar-refractivity contribution in [2.24, 2.45) is 0 Å². The topological polar surface area (TPSA) is 99.5 Å². The number of carbonyl (C=O) groups excluding carboxylic acids is 1. The van der Waals surface area contributed by atoms with Gasteiger partial charge in [0.2, 0.25) is 5.91 Å². The molecule has 6 heteroatoms. The fourth-order valence-electron chi connectivity index (χ4n) is 1.82. The Morgan fingerprint density at radius 1 is 1.19 bits per heavy atom. The van der Waals surface area contributed by atoms with Crippen LogP contribution in [0.25, 0.3) is 0 Å². The zero-order valence-corrected chi connectivity index (χ0v) is 11.1. The van der Waals surface area contributed by atoms with Crippen molar-refractivity contribution in [3.05, 3.63) is 53.9 Å². The molecule has 21 heavy (non-hydrogen) atoms. The summed E-state index contributed by atoms with van der Waals surface area (Å²) < 4.78 is 0. The number of hydrogen-bond acceptors (Lipinski definition) is 4. The van der Waals surface area contributed by atoms with E-state index in [2.05, 4.69) is 10.3 Å². The number of anilines is 1. The molecule has 0 saturated heterocycles. The Bertz CT molecular complexity index is 656. The highest BCUT2D eigenvalue weighted by Gasteiger charge is 2.13. The van der Waals surface area contributed by atoms with Crippen molar-refractivity contribution >= 4 is 17.6 Å². The Morgan fingerprint density at radius 2 is 2.00 bits per heavy atom. The minimum absolute atomic E-state index is 0.152. The van der Waals surface area contributed by atoms with Crippen LogP contribution in [0.5, 0.6) is 5.75 Å². The van der Waals surface area contributed by atoms with Gasteiger partial charge in [-0.05, 0) is 36.8 Å². The fourth-order valence-corrected chi connectivity index (χ4v) is 1.82. The first-order valence-electron chi connectivity index (χ1n) is 6.32. The van der Waals surface area contributed by atoms with Gasteiger partial charge in [-0.15, -0.1) is 0 Å². The van der Waals surface area contributed by atoms with E-state index in [9.17, 15) is 14.7 Å². The number of carboxylic acid groups (broad SMARTS) is 1. The number of carbonyl (C=O) groups is 2. The van der Waals surface area contributed by atoms with Crippen LogP contribution in [0.2, 0.25) is 0 Å². The van der Waals surface area contributed by atoms with Gasteiger partial charge < -0.3 is 15.5 Å². The Hall–Kier alpha value is -2.89. The smallest absolute Gasteiger partial charge is 0.337 e. The molecule has 0 bridgehead atoms. The molecule has 2 rings (SSSR count). The second kappa shape index (κ2) is 6.51. The molecular formula is C15H14N2O4. The summed E-state index contributed by atoms with van der Waals surface area (Å²) in [6.45, 7) is 0. The van der Waals surface area contributed by atoms with Gasteiger partial charge in [0.25, 0.3) is 0 Å². The third-order valence-electron chi connectivity index (χ3n) is 2.84. The van der Waals surface area contributed by atoms with E-state index in [1.807, 2.05) is 12.1 Å². The van der Waals surface area contributed by atoms with Crippen LogP contribution in [0.3, 0.4) is 0 Å². The van der Waals surface area contributed by atoms with Crippen molar-refractivity contribution in [3.8, 4) is 5.75 Å². The van der Waals surface area contributed by atoms with Crippen LogP contribution in [0.1, 0.15) is 22.5 Å². The predicted octanol–water partition coefficient (Wildman–Crippen LogP) is 2.06. The maximum atomic E-state index is 11.9. The molecule has 108 valence electrons. The summed E-state index contributed by atoms with van der Waals surface area (Å²) in [5.41, 5.74) is 0.796. The van der Waals surface area contributed by atoms with Crippen LogP contribution < -0.4 is 5.32 Å². The molecule has 0 fully saturated rings. The molecule has 0 atom stereocenters. The highest BCUT2D eigenvalue weighted by molar-refractivity contribution is 6.00. The number of phenols is 1. The van der Waals surface area contributed by atoms with Crippen LogP contribution >= 0.6 is 0 Å². The number of nitrogens with zero attached hydrogens (tertiary/aromatic N) is 1. The maximum Gasteiger partial charge on any atom is 0.337 e. The third kappa shape index (κ3) is 4.04. The number of aryl methyl sites for hydroxylation is 1. The van der Waals surface area contributed by atoms with Gasteiger partial charge in [0.1, 0.15) is 5.75 Å². The molecule has 0 aliphatic carbocycles. The molecule has 1 heterocycles. The van der Waals surface area contributed by atoms with Crippen molar-refractivity contribution in [2.75, 3.05) is 5.32 Å². The van der Waals surface area contributed by atoms with Gasteiger partial charge in [0, 0.05) is 18.3 Å². The number of aromatic carboxylic acids is 1. The van der Waals surface area contributed by atoms with Crippen molar-refractivity contribution in [1.29, 1.82) is 0 Å². The molecular weight excluding hydrogens is 272 g/mol. The Kier molecular flexibility index (Phi) is 4.50. The minimum Gasteiger partial charge on any atom is -0.508 e. The van der Waals surface area contributed by atoms with Gasteiger partial charge in [-0.25, -0.2) is 4.79 Å². The second-order valence-corrected chi connectivity index (χ2v) is 4.40. The van der Waals surface area contributed by atoms with Crippen molar-refractivity contribution < 1.29 is 19.8 Å². The number of carboxylic acids is 1. The van der Waals surface area contributed by atoms with Crippen molar-refractivity contribution in [1.82, 2.24) is 4.98 Å². The summed E-state index contributed by atoms with van der Waals surface area (Å²) in [4.78, 5) is 27.0. The first-order valence-corrected chi connectivity index (χ1v) is 6.32. The first kappa shape index (κ1) is 14.5. The largest absolute Gasteiger partial charge is 0.508 e. The molecule has 2 aromatic rings. The number of hydrogen-bond donors (Lipinski definition) is 3. The van der Waals surface area contributed by atoms with Crippen LogP contribution in [-0.4, -0.2) is 27.1 Å². The molecule has 0 unspecified atom stereocenters. The molecule has 0 aliphatic heterocycles. The third-order valence-corrected chi connectivity index (χ3v) is 2.84. The van der Waals surface area contributed by atoms with E-state index in [1.165, 1.54) is 12.1 Å². The normalized spacial score (nSPS) is 10.1. The molecule has 0 saturated carbocycles. The average Bonchev–Trinajstić information content (AvgIpc) is 2.48. The van der Waals surface area contributed by atoms with E-state index in [0.29, 0.717) is 6.42 Å². The molecule has 0 spiro atoms. The maximum absolute atomic E-state index is 11.9. The number of aromatic nitrogens is 1. The number of pyridine rings is 1. The molecule has 6 nitrogen and oxygen atoms in total. The van der Waals surface area contributed by atoms with Crippen LogP contribution in [-0.2, 0) is 11.2 Å². The molecule has 0 aliphatic rings. The number of amides is 1. The number of rotatable bonds is 5. The SMILES string of the molecule is O=C(CCc1ccccn1)Nc1ccc(O)cc1C(=O)O. The average molecular weight is 286 g/mol. The lowest BCUT2D eigenvalue weighted by Gasteiger charge is -2.08. The summed E-state index contributed by atoms with van der Waals surface area (Å²) >= 11 is 0. The first-order chi connectivity index (χ1) is 10.1. The lowest BCUT2D eigenvalue weighted by atomic mass is 10.1. The molecule has 3 N–H and O–H groups in total. The van der Waals surface area contributed by atoms with E-state index in [0.717, 1.165) is 11.8 Å². The van der Waals surface area contributed by atoms with Gasteiger partial charge in [-0.1, -0.05) is 6.07 Å².